The van der Waals surface area contributed by atoms with Crippen molar-refractivity contribution in [1.29, 1.82) is 0 Å². The fraction of sp³-hybridized carbons (Fsp3) is 0.786. The Kier molecular flexibility index (Phi) is 5.60. The van der Waals surface area contributed by atoms with Gasteiger partial charge in [-0.1, -0.05) is 13.8 Å². The molecule has 2 heterocycles. The third-order valence-electron chi connectivity index (χ3n) is 3.86. The Morgan fingerprint density at radius 3 is 3.00 bits per heavy atom. The quantitative estimate of drug-likeness (QED) is 0.888. The van der Waals surface area contributed by atoms with E-state index < -0.39 is 0 Å². The van der Waals surface area contributed by atoms with Crippen molar-refractivity contribution in [3.8, 4) is 0 Å². The van der Waals surface area contributed by atoms with E-state index in [2.05, 4.69) is 34.4 Å². The van der Waals surface area contributed by atoms with Crippen LogP contribution in [0.5, 0.6) is 0 Å². The van der Waals surface area contributed by atoms with E-state index in [9.17, 15) is 0 Å². The minimum absolute atomic E-state index is 0.447. The molecule has 0 spiro atoms. The van der Waals surface area contributed by atoms with Crippen LogP contribution in [-0.4, -0.2) is 35.6 Å². The molecule has 4 heteroatoms. The summed E-state index contributed by atoms with van der Waals surface area (Å²) < 4.78 is 0. The highest BCUT2D eigenvalue weighted by Gasteiger charge is 2.20. The molecule has 2 rings (SSSR count). The molecule has 1 aliphatic heterocycles. The average molecular weight is 267 g/mol. The summed E-state index contributed by atoms with van der Waals surface area (Å²) in [5.74, 6) is 0. The molecule has 1 aromatic rings. The minimum atomic E-state index is 0.447. The van der Waals surface area contributed by atoms with Crippen molar-refractivity contribution in [2.24, 2.45) is 0 Å². The standard InChI is InChI=1S/C14H25N3S/c1-3-13(14-15-8-11-18-14)16-12-6-5-9-17(4-2)10-7-12/h8,11-13,16H,3-7,9-10H2,1-2H3. The Bertz CT molecular complexity index is 326. The van der Waals surface area contributed by atoms with E-state index in [1.807, 2.05) is 6.20 Å². The van der Waals surface area contributed by atoms with Gasteiger partial charge in [0.1, 0.15) is 5.01 Å². The Labute approximate surface area is 115 Å². The summed E-state index contributed by atoms with van der Waals surface area (Å²) >= 11 is 1.77. The number of aromatic nitrogens is 1. The summed E-state index contributed by atoms with van der Waals surface area (Å²) in [7, 11) is 0. The third kappa shape index (κ3) is 3.77. The average Bonchev–Trinajstić information content (AvgIpc) is 2.83. The van der Waals surface area contributed by atoms with Crippen LogP contribution in [0, 0.1) is 0 Å². The van der Waals surface area contributed by atoms with E-state index in [4.69, 9.17) is 0 Å². The van der Waals surface area contributed by atoms with Crippen LogP contribution in [0.1, 0.15) is 50.6 Å². The molecule has 0 radical (unpaired) electrons. The first kappa shape index (κ1) is 14.0. The maximum Gasteiger partial charge on any atom is 0.109 e. The van der Waals surface area contributed by atoms with Gasteiger partial charge in [-0.05, 0) is 45.3 Å². The normalized spacial score (nSPS) is 23.8. The van der Waals surface area contributed by atoms with Gasteiger partial charge in [-0.2, -0.15) is 0 Å². The van der Waals surface area contributed by atoms with Gasteiger partial charge >= 0.3 is 0 Å². The van der Waals surface area contributed by atoms with Crippen LogP contribution in [0.3, 0.4) is 0 Å². The van der Waals surface area contributed by atoms with Crippen molar-refractivity contribution < 1.29 is 0 Å². The fourth-order valence-corrected chi connectivity index (χ4v) is 3.48. The van der Waals surface area contributed by atoms with Crippen LogP contribution >= 0.6 is 11.3 Å². The largest absolute Gasteiger partial charge is 0.305 e. The van der Waals surface area contributed by atoms with E-state index in [1.54, 1.807) is 11.3 Å². The Morgan fingerprint density at radius 1 is 1.44 bits per heavy atom. The summed E-state index contributed by atoms with van der Waals surface area (Å²) in [6.07, 6.45) is 6.94. The first-order chi connectivity index (χ1) is 8.83. The summed E-state index contributed by atoms with van der Waals surface area (Å²) in [6.45, 7) is 8.20. The molecule has 0 saturated carbocycles. The number of thiazole rings is 1. The molecular formula is C14H25N3S. The van der Waals surface area contributed by atoms with Gasteiger partial charge in [0.05, 0.1) is 6.04 Å². The van der Waals surface area contributed by atoms with Gasteiger partial charge in [-0.3, -0.25) is 0 Å². The maximum atomic E-state index is 4.45. The number of likely N-dealkylation sites (tertiary alicyclic amines) is 1. The molecule has 1 saturated heterocycles. The van der Waals surface area contributed by atoms with Crippen molar-refractivity contribution in [1.82, 2.24) is 15.2 Å². The molecule has 1 aromatic heterocycles. The highest BCUT2D eigenvalue weighted by atomic mass is 32.1. The molecule has 102 valence electrons. The second-order valence-corrected chi connectivity index (χ2v) is 5.99. The number of nitrogens with zero attached hydrogens (tertiary/aromatic N) is 2. The molecule has 0 bridgehead atoms. The number of hydrogen-bond acceptors (Lipinski definition) is 4. The van der Waals surface area contributed by atoms with Crippen LogP contribution < -0.4 is 5.32 Å². The molecule has 1 aliphatic rings. The van der Waals surface area contributed by atoms with Crippen molar-refractivity contribution in [2.45, 2.75) is 51.6 Å². The third-order valence-corrected chi connectivity index (χ3v) is 4.75. The van der Waals surface area contributed by atoms with Gasteiger partial charge in [-0.25, -0.2) is 4.98 Å². The van der Waals surface area contributed by atoms with Gasteiger partial charge in [-0.15, -0.1) is 11.3 Å². The van der Waals surface area contributed by atoms with Gasteiger partial charge in [0.25, 0.3) is 0 Å². The molecule has 2 atom stereocenters. The van der Waals surface area contributed by atoms with Crippen LogP contribution in [0.2, 0.25) is 0 Å². The lowest BCUT2D eigenvalue weighted by Crippen LogP contribution is -2.33. The molecule has 2 unspecified atom stereocenters. The van der Waals surface area contributed by atoms with Gasteiger partial charge in [0.15, 0.2) is 0 Å². The lowest BCUT2D eigenvalue weighted by atomic mass is 10.1. The van der Waals surface area contributed by atoms with E-state index in [-0.39, 0.29) is 0 Å². The molecular weight excluding hydrogens is 242 g/mol. The Hall–Kier alpha value is -0.450. The SMILES string of the molecule is CCC(NC1CCCN(CC)CC1)c1nccs1. The summed E-state index contributed by atoms with van der Waals surface area (Å²) in [6, 6.07) is 1.11. The van der Waals surface area contributed by atoms with E-state index >= 15 is 0 Å². The molecule has 0 aromatic carbocycles. The van der Waals surface area contributed by atoms with Crippen LogP contribution in [0.25, 0.3) is 0 Å². The fourth-order valence-electron chi connectivity index (χ4n) is 2.69. The lowest BCUT2D eigenvalue weighted by Gasteiger charge is -2.23. The highest BCUT2D eigenvalue weighted by molar-refractivity contribution is 7.09. The van der Waals surface area contributed by atoms with Gasteiger partial charge in [0, 0.05) is 17.6 Å². The summed E-state index contributed by atoms with van der Waals surface area (Å²) in [5.41, 5.74) is 0. The summed E-state index contributed by atoms with van der Waals surface area (Å²) in [4.78, 5) is 7.01. The molecule has 3 nitrogen and oxygen atoms in total. The van der Waals surface area contributed by atoms with Crippen LogP contribution in [0.15, 0.2) is 11.6 Å². The first-order valence-electron chi connectivity index (χ1n) is 7.21. The minimum Gasteiger partial charge on any atom is -0.305 e. The predicted octanol–water partition coefficient (Wildman–Crippen LogP) is 3.06. The van der Waals surface area contributed by atoms with Crippen LogP contribution in [-0.2, 0) is 0 Å². The second-order valence-electron chi connectivity index (χ2n) is 5.06. The van der Waals surface area contributed by atoms with Gasteiger partial charge < -0.3 is 10.2 Å². The molecule has 0 amide bonds. The molecule has 1 fully saturated rings. The van der Waals surface area contributed by atoms with Crippen molar-refractivity contribution >= 4 is 11.3 Å². The first-order valence-corrected chi connectivity index (χ1v) is 8.09. The number of hydrogen-bond donors (Lipinski definition) is 1. The Morgan fingerprint density at radius 2 is 2.33 bits per heavy atom. The lowest BCUT2D eigenvalue weighted by molar-refractivity contribution is 0.295. The van der Waals surface area contributed by atoms with Crippen LogP contribution in [0.4, 0.5) is 0 Å². The highest BCUT2D eigenvalue weighted by Crippen LogP contribution is 2.22. The monoisotopic (exact) mass is 267 g/mol. The van der Waals surface area contributed by atoms with E-state index in [0.717, 1.165) is 6.42 Å². The second kappa shape index (κ2) is 7.22. The number of rotatable bonds is 5. The zero-order valence-electron chi connectivity index (χ0n) is 11.6. The van der Waals surface area contributed by atoms with E-state index in [1.165, 1.54) is 43.9 Å². The smallest absolute Gasteiger partial charge is 0.109 e. The zero-order chi connectivity index (χ0) is 12.8. The van der Waals surface area contributed by atoms with Crippen molar-refractivity contribution in [2.75, 3.05) is 19.6 Å². The molecule has 0 aliphatic carbocycles. The topological polar surface area (TPSA) is 28.2 Å². The number of nitrogens with one attached hydrogen (secondary N) is 1. The summed E-state index contributed by atoms with van der Waals surface area (Å²) in [5, 5.41) is 7.13. The van der Waals surface area contributed by atoms with Crippen molar-refractivity contribution in [3.63, 3.8) is 0 Å². The maximum absolute atomic E-state index is 4.45. The molecule has 18 heavy (non-hydrogen) atoms. The zero-order valence-corrected chi connectivity index (χ0v) is 12.4. The van der Waals surface area contributed by atoms with Crippen molar-refractivity contribution in [3.05, 3.63) is 16.6 Å². The molecule has 1 N–H and O–H groups in total. The van der Waals surface area contributed by atoms with Gasteiger partial charge in [0.2, 0.25) is 0 Å². The van der Waals surface area contributed by atoms with E-state index in [0.29, 0.717) is 12.1 Å². The Balaban J connectivity index is 1.88. The predicted molar refractivity (Wildman–Crippen MR) is 78.0 cm³/mol.